The Balaban J connectivity index is 1.60. The Labute approximate surface area is 149 Å². The van der Waals surface area contributed by atoms with Gasteiger partial charge in [0.25, 0.3) is 0 Å². The van der Waals surface area contributed by atoms with E-state index in [1.807, 2.05) is 24.3 Å². The molecular formula is C17H18N6O3. The molecule has 0 unspecified atom stereocenters. The second-order valence-electron chi connectivity index (χ2n) is 5.24. The highest BCUT2D eigenvalue weighted by Gasteiger charge is 2.10. The number of aromatic nitrogens is 4. The van der Waals surface area contributed by atoms with Gasteiger partial charge < -0.3 is 20.1 Å². The topological polar surface area (TPSA) is 103 Å². The molecule has 0 atom stereocenters. The lowest BCUT2D eigenvalue weighted by Crippen LogP contribution is -2.29. The van der Waals surface area contributed by atoms with E-state index >= 15 is 0 Å². The van der Waals surface area contributed by atoms with Gasteiger partial charge in [-0.1, -0.05) is 0 Å². The zero-order valence-corrected chi connectivity index (χ0v) is 14.3. The molecule has 0 saturated carbocycles. The number of nitrogens with zero attached hydrogens (tertiary/aromatic N) is 4. The molecule has 2 N–H and O–H groups in total. The number of tetrazole rings is 1. The molecule has 3 rings (SSSR count). The molecule has 0 fully saturated rings. The minimum Gasteiger partial charge on any atom is -0.497 e. The summed E-state index contributed by atoms with van der Waals surface area (Å²) >= 11 is 0. The maximum Gasteiger partial charge on any atom is 0.319 e. The van der Waals surface area contributed by atoms with Crippen molar-refractivity contribution in [2.75, 3.05) is 19.5 Å². The van der Waals surface area contributed by atoms with Gasteiger partial charge >= 0.3 is 6.03 Å². The van der Waals surface area contributed by atoms with E-state index in [4.69, 9.17) is 9.47 Å². The zero-order chi connectivity index (χ0) is 18.4. The van der Waals surface area contributed by atoms with Gasteiger partial charge in [-0.05, 0) is 59.0 Å². The lowest BCUT2D eigenvalue weighted by molar-refractivity contribution is 0.251. The number of anilines is 1. The Kier molecular flexibility index (Phi) is 5.28. The number of ether oxygens (including phenoxy) is 2. The van der Waals surface area contributed by atoms with Crippen LogP contribution in [0.15, 0.2) is 48.5 Å². The van der Waals surface area contributed by atoms with E-state index in [1.54, 1.807) is 43.2 Å². The number of carbonyl (C=O) groups is 1. The minimum absolute atomic E-state index is 0.168. The van der Waals surface area contributed by atoms with Crippen LogP contribution in [0.2, 0.25) is 0 Å². The van der Waals surface area contributed by atoms with Gasteiger partial charge in [0.05, 0.1) is 26.5 Å². The normalized spacial score (nSPS) is 10.2. The summed E-state index contributed by atoms with van der Waals surface area (Å²) in [6, 6.07) is 13.9. The third kappa shape index (κ3) is 4.07. The molecule has 0 radical (unpaired) electrons. The van der Waals surface area contributed by atoms with Crippen molar-refractivity contribution in [2.24, 2.45) is 0 Å². The Bertz CT molecular complexity index is 861. The SMILES string of the molecule is COc1ccc(NC(=O)NCc2nnnn2-c2ccc(OC)cc2)cc1. The van der Waals surface area contributed by atoms with Crippen LogP contribution in [0.25, 0.3) is 5.69 Å². The predicted molar refractivity (Wildman–Crippen MR) is 94.6 cm³/mol. The summed E-state index contributed by atoms with van der Waals surface area (Å²) in [5.41, 5.74) is 1.42. The van der Waals surface area contributed by atoms with E-state index in [0.29, 0.717) is 11.5 Å². The molecule has 0 bridgehead atoms. The fraction of sp³-hybridized carbons (Fsp3) is 0.176. The van der Waals surface area contributed by atoms with Gasteiger partial charge in [-0.15, -0.1) is 5.10 Å². The van der Waals surface area contributed by atoms with Crippen LogP contribution in [0.5, 0.6) is 11.5 Å². The predicted octanol–water partition coefficient (Wildman–Crippen LogP) is 2.00. The monoisotopic (exact) mass is 354 g/mol. The summed E-state index contributed by atoms with van der Waals surface area (Å²) in [4.78, 5) is 12.0. The van der Waals surface area contributed by atoms with Gasteiger partial charge in [0.15, 0.2) is 5.82 Å². The first-order valence-corrected chi connectivity index (χ1v) is 7.80. The van der Waals surface area contributed by atoms with Crippen LogP contribution < -0.4 is 20.1 Å². The number of urea groups is 1. The molecule has 1 heterocycles. The van der Waals surface area contributed by atoms with E-state index in [9.17, 15) is 4.79 Å². The second-order valence-corrected chi connectivity index (χ2v) is 5.24. The Morgan fingerprint density at radius 1 is 1.00 bits per heavy atom. The first-order valence-electron chi connectivity index (χ1n) is 7.80. The van der Waals surface area contributed by atoms with E-state index in [0.717, 1.165) is 17.2 Å². The lowest BCUT2D eigenvalue weighted by Gasteiger charge is -2.09. The summed E-state index contributed by atoms with van der Waals surface area (Å²) in [6.45, 7) is 0.168. The third-order valence-corrected chi connectivity index (χ3v) is 3.61. The number of hydrogen-bond acceptors (Lipinski definition) is 6. The van der Waals surface area contributed by atoms with Crippen molar-refractivity contribution in [3.8, 4) is 17.2 Å². The molecule has 0 aliphatic rings. The highest BCUT2D eigenvalue weighted by Crippen LogP contribution is 2.16. The number of hydrogen-bond donors (Lipinski definition) is 2. The fourth-order valence-corrected chi connectivity index (χ4v) is 2.25. The minimum atomic E-state index is -0.362. The molecule has 2 amide bonds. The Morgan fingerprint density at radius 2 is 1.62 bits per heavy atom. The second kappa shape index (κ2) is 7.97. The van der Waals surface area contributed by atoms with Gasteiger partial charge in [-0.25, -0.2) is 4.79 Å². The van der Waals surface area contributed by atoms with Gasteiger partial charge in [0, 0.05) is 5.69 Å². The van der Waals surface area contributed by atoms with E-state index in [2.05, 4.69) is 26.2 Å². The molecule has 3 aromatic rings. The number of carbonyl (C=O) groups excluding carboxylic acids is 1. The average molecular weight is 354 g/mol. The number of benzene rings is 2. The smallest absolute Gasteiger partial charge is 0.319 e. The number of amides is 2. The summed E-state index contributed by atoms with van der Waals surface area (Å²) in [7, 11) is 3.19. The van der Waals surface area contributed by atoms with E-state index in [1.165, 1.54) is 0 Å². The molecular weight excluding hydrogens is 336 g/mol. The third-order valence-electron chi connectivity index (χ3n) is 3.61. The van der Waals surface area contributed by atoms with Crippen molar-refractivity contribution >= 4 is 11.7 Å². The standard InChI is InChI=1S/C17H18N6O3/c1-25-14-7-3-12(4-8-14)19-17(24)18-11-16-20-21-22-23(16)13-5-9-15(26-2)10-6-13/h3-10H,11H2,1-2H3,(H2,18,19,24). The van der Waals surface area contributed by atoms with Crippen LogP contribution >= 0.6 is 0 Å². The number of methoxy groups -OCH3 is 2. The summed E-state index contributed by atoms with van der Waals surface area (Å²) in [5.74, 6) is 1.95. The van der Waals surface area contributed by atoms with Crippen molar-refractivity contribution in [3.05, 3.63) is 54.4 Å². The molecule has 9 nitrogen and oxygen atoms in total. The van der Waals surface area contributed by atoms with Crippen LogP contribution in [0.1, 0.15) is 5.82 Å². The van der Waals surface area contributed by atoms with E-state index in [-0.39, 0.29) is 12.6 Å². The quantitative estimate of drug-likeness (QED) is 0.702. The number of rotatable bonds is 6. The fourth-order valence-electron chi connectivity index (χ4n) is 2.25. The molecule has 0 saturated heterocycles. The van der Waals surface area contributed by atoms with Crippen molar-refractivity contribution in [2.45, 2.75) is 6.54 Å². The molecule has 0 spiro atoms. The van der Waals surface area contributed by atoms with Crippen molar-refractivity contribution in [1.82, 2.24) is 25.5 Å². The molecule has 0 aliphatic heterocycles. The van der Waals surface area contributed by atoms with Crippen molar-refractivity contribution < 1.29 is 14.3 Å². The largest absolute Gasteiger partial charge is 0.497 e. The molecule has 26 heavy (non-hydrogen) atoms. The molecule has 134 valence electrons. The highest BCUT2D eigenvalue weighted by molar-refractivity contribution is 5.89. The first-order chi connectivity index (χ1) is 12.7. The van der Waals surface area contributed by atoms with Crippen LogP contribution in [-0.4, -0.2) is 40.5 Å². The van der Waals surface area contributed by atoms with Gasteiger partial charge in [-0.2, -0.15) is 4.68 Å². The molecule has 0 aliphatic carbocycles. The van der Waals surface area contributed by atoms with Crippen LogP contribution in [0.3, 0.4) is 0 Å². The molecule has 1 aromatic heterocycles. The molecule has 9 heteroatoms. The summed E-state index contributed by atoms with van der Waals surface area (Å²) in [5, 5.41) is 17.0. The molecule has 2 aromatic carbocycles. The van der Waals surface area contributed by atoms with E-state index < -0.39 is 0 Å². The van der Waals surface area contributed by atoms with Crippen molar-refractivity contribution in [1.29, 1.82) is 0 Å². The number of nitrogens with one attached hydrogen (secondary N) is 2. The van der Waals surface area contributed by atoms with Gasteiger partial charge in [0.2, 0.25) is 0 Å². The van der Waals surface area contributed by atoms with Gasteiger partial charge in [-0.3, -0.25) is 0 Å². The summed E-state index contributed by atoms with van der Waals surface area (Å²) in [6.07, 6.45) is 0. The lowest BCUT2D eigenvalue weighted by atomic mass is 10.3. The maximum atomic E-state index is 12.0. The maximum absolute atomic E-state index is 12.0. The van der Waals surface area contributed by atoms with Crippen LogP contribution in [-0.2, 0) is 6.54 Å². The van der Waals surface area contributed by atoms with Crippen molar-refractivity contribution in [3.63, 3.8) is 0 Å². The van der Waals surface area contributed by atoms with Gasteiger partial charge in [0.1, 0.15) is 11.5 Å². The highest BCUT2D eigenvalue weighted by atomic mass is 16.5. The summed E-state index contributed by atoms with van der Waals surface area (Å²) < 4.78 is 11.8. The first kappa shape index (κ1) is 17.2. The van der Waals surface area contributed by atoms with Crippen LogP contribution in [0, 0.1) is 0 Å². The van der Waals surface area contributed by atoms with Crippen LogP contribution in [0.4, 0.5) is 10.5 Å². The Morgan fingerprint density at radius 3 is 2.23 bits per heavy atom. The zero-order valence-electron chi connectivity index (χ0n) is 14.3. The average Bonchev–Trinajstić information content (AvgIpc) is 3.15. The Hall–Kier alpha value is -3.62.